The summed E-state index contributed by atoms with van der Waals surface area (Å²) in [4.78, 5) is 14.4. The van der Waals surface area contributed by atoms with Crippen LogP contribution in [0.5, 0.6) is 5.75 Å². The first-order chi connectivity index (χ1) is 11.6. The molecule has 0 heterocycles. The third kappa shape index (κ3) is 5.46. The van der Waals surface area contributed by atoms with Crippen molar-refractivity contribution in [2.75, 3.05) is 25.0 Å². The monoisotopic (exact) mass is 346 g/mol. The molecule has 0 saturated heterocycles. The summed E-state index contributed by atoms with van der Waals surface area (Å²) in [6.07, 6.45) is 0.0675. The number of likely N-dealkylation sites (N-methyl/N-ethyl adjacent to an activating group) is 1. The number of anilines is 1. The minimum absolute atomic E-state index is 0.112. The number of carbonyl (C=O) groups is 1. The number of para-hydroxylation sites is 1. The third-order valence-corrected chi connectivity index (χ3v) is 3.92. The highest BCUT2D eigenvalue weighted by Crippen LogP contribution is 2.19. The second-order valence-electron chi connectivity index (χ2n) is 5.52. The van der Waals surface area contributed by atoms with Crippen LogP contribution in [0.1, 0.15) is 13.3 Å². The highest BCUT2D eigenvalue weighted by molar-refractivity contribution is 6.30. The maximum Gasteiger partial charge on any atom is 0.261 e. The van der Waals surface area contributed by atoms with Crippen LogP contribution in [-0.4, -0.2) is 32.1 Å². The number of benzene rings is 2. The van der Waals surface area contributed by atoms with Gasteiger partial charge in [-0.15, -0.1) is 0 Å². The smallest absolute Gasteiger partial charge is 0.261 e. The van der Waals surface area contributed by atoms with Gasteiger partial charge in [0.15, 0.2) is 6.10 Å². The fourth-order valence-electron chi connectivity index (χ4n) is 2.30. The van der Waals surface area contributed by atoms with E-state index in [2.05, 4.69) is 10.2 Å². The number of amides is 1. The molecule has 2 rings (SSSR count). The highest BCUT2D eigenvalue weighted by Gasteiger charge is 2.18. The molecule has 0 spiro atoms. The van der Waals surface area contributed by atoms with E-state index in [1.807, 2.05) is 44.3 Å². The molecule has 1 amide bonds. The van der Waals surface area contributed by atoms with Gasteiger partial charge >= 0.3 is 0 Å². The number of nitrogens with one attached hydrogen (secondary N) is 1. The normalized spacial score (nSPS) is 11.6. The van der Waals surface area contributed by atoms with Gasteiger partial charge in [-0.1, -0.05) is 42.8 Å². The molecule has 2 aromatic carbocycles. The van der Waals surface area contributed by atoms with E-state index in [0.717, 1.165) is 12.2 Å². The summed E-state index contributed by atoms with van der Waals surface area (Å²) < 4.78 is 5.74. The van der Waals surface area contributed by atoms with E-state index in [1.54, 1.807) is 24.3 Å². The summed E-state index contributed by atoms with van der Waals surface area (Å²) in [5, 5.41) is 3.52. The number of rotatable bonds is 8. The Hall–Kier alpha value is -2.20. The van der Waals surface area contributed by atoms with Gasteiger partial charge in [0.05, 0.1) is 0 Å². The van der Waals surface area contributed by atoms with E-state index in [1.165, 1.54) is 0 Å². The van der Waals surface area contributed by atoms with Gasteiger partial charge in [-0.05, 0) is 36.8 Å². The molecule has 128 valence electrons. The van der Waals surface area contributed by atoms with Gasteiger partial charge in [-0.25, -0.2) is 0 Å². The maximum atomic E-state index is 12.3. The van der Waals surface area contributed by atoms with Crippen LogP contribution in [0.25, 0.3) is 0 Å². The number of ether oxygens (including phenoxy) is 1. The van der Waals surface area contributed by atoms with Crippen LogP contribution in [0.15, 0.2) is 54.6 Å². The van der Waals surface area contributed by atoms with Crippen LogP contribution >= 0.6 is 11.6 Å². The van der Waals surface area contributed by atoms with Gasteiger partial charge < -0.3 is 15.0 Å². The van der Waals surface area contributed by atoms with Gasteiger partial charge in [0.1, 0.15) is 5.75 Å². The SMILES string of the molecule is CC[C@H](Oc1cccc(Cl)c1)C(=O)NCCN(C)c1ccccc1. The van der Waals surface area contributed by atoms with Gasteiger partial charge in [-0.2, -0.15) is 0 Å². The Bertz CT molecular complexity index is 649. The van der Waals surface area contributed by atoms with Crippen molar-refractivity contribution in [3.63, 3.8) is 0 Å². The van der Waals surface area contributed by atoms with Gasteiger partial charge in [0.25, 0.3) is 5.91 Å². The number of hydrogen-bond donors (Lipinski definition) is 1. The van der Waals surface area contributed by atoms with Crippen molar-refractivity contribution in [1.29, 1.82) is 0 Å². The fourth-order valence-corrected chi connectivity index (χ4v) is 2.48. The number of hydrogen-bond acceptors (Lipinski definition) is 3. The van der Waals surface area contributed by atoms with Crippen molar-refractivity contribution in [2.45, 2.75) is 19.4 Å². The average molecular weight is 347 g/mol. The summed E-state index contributed by atoms with van der Waals surface area (Å²) in [5.41, 5.74) is 1.12. The standard InChI is InChI=1S/C19H23ClN2O2/c1-3-18(24-17-11-7-8-15(20)14-17)19(23)21-12-13-22(2)16-9-5-4-6-10-16/h4-11,14,18H,3,12-13H2,1-2H3,(H,21,23)/t18-/m0/s1. The van der Waals surface area contributed by atoms with Crippen LogP contribution in [0.2, 0.25) is 5.02 Å². The topological polar surface area (TPSA) is 41.6 Å². The Labute approximate surface area is 148 Å². The molecule has 24 heavy (non-hydrogen) atoms. The minimum Gasteiger partial charge on any atom is -0.481 e. The van der Waals surface area contributed by atoms with Crippen LogP contribution in [0.4, 0.5) is 5.69 Å². The summed E-state index contributed by atoms with van der Waals surface area (Å²) in [5.74, 6) is 0.491. The first-order valence-corrected chi connectivity index (χ1v) is 8.44. The molecule has 0 radical (unpaired) electrons. The molecule has 1 atom stereocenters. The first-order valence-electron chi connectivity index (χ1n) is 8.06. The van der Waals surface area contributed by atoms with E-state index < -0.39 is 6.10 Å². The second-order valence-corrected chi connectivity index (χ2v) is 5.96. The molecule has 4 nitrogen and oxygen atoms in total. The Morgan fingerprint density at radius 1 is 1.21 bits per heavy atom. The van der Waals surface area contributed by atoms with Gasteiger partial charge in [0, 0.05) is 30.8 Å². The van der Waals surface area contributed by atoms with Crippen LogP contribution in [0.3, 0.4) is 0 Å². The molecule has 0 fully saturated rings. The second kappa shape index (κ2) is 9.18. The van der Waals surface area contributed by atoms with E-state index >= 15 is 0 Å². The lowest BCUT2D eigenvalue weighted by Gasteiger charge is -2.21. The molecule has 0 aliphatic rings. The lowest BCUT2D eigenvalue weighted by atomic mass is 10.2. The molecule has 0 aliphatic heterocycles. The average Bonchev–Trinajstić information content (AvgIpc) is 2.60. The number of halogens is 1. The molecule has 0 aliphatic carbocycles. The Balaban J connectivity index is 1.81. The van der Waals surface area contributed by atoms with Crippen LogP contribution in [0, 0.1) is 0 Å². The molecule has 0 saturated carbocycles. The lowest BCUT2D eigenvalue weighted by molar-refractivity contribution is -0.128. The molecule has 0 unspecified atom stereocenters. The van der Waals surface area contributed by atoms with Crippen molar-refractivity contribution in [3.8, 4) is 5.75 Å². The van der Waals surface area contributed by atoms with E-state index in [-0.39, 0.29) is 5.91 Å². The zero-order chi connectivity index (χ0) is 17.4. The zero-order valence-corrected chi connectivity index (χ0v) is 14.8. The van der Waals surface area contributed by atoms with E-state index in [0.29, 0.717) is 23.7 Å². The molecule has 1 N–H and O–H groups in total. The molecular formula is C19H23ClN2O2. The largest absolute Gasteiger partial charge is 0.481 e. The van der Waals surface area contributed by atoms with Crippen molar-refractivity contribution >= 4 is 23.2 Å². The molecular weight excluding hydrogens is 324 g/mol. The predicted octanol–water partition coefficient (Wildman–Crippen LogP) is 3.75. The molecule has 0 aromatic heterocycles. The maximum absolute atomic E-state index is 12.3. The summed E-state index contributed by atoms with van der Waals surface area (Å²) in [6.45, 7) is 3.20. The summed E-state index contributed by atoms with van der Waals surface area (Å²) in [6, 6.07) is 17.1. The quantitative estimate of drug-likeness (QED) is 0.791. The molecule has 2 aromatic rings. The van der Waals surface area contributed by atoms with Crippen LogP contribution in [-0.2, 0) is 4.79 Å². The van der Waals surface area contributed by atoms with Gasteiger partial charge in [-0.3, -0.25) is 4.79 Å². The fraction of sp³-hybridized carbons (Fsp3) is 0.316. The minimum atomic E-state index is -0.523. The van der Waals surface area contributed by atoms with Gasteiger partial charge in [0.2, 0.25) is 0 Å². The van der Waals surface area contributed by atoms with Crippen molar-refractivity contribution in [3.05, 3.63) is 59.6 Å². The highest BCUT2D eigenvalue weighted by atomic mass is 35.5. The number of carbonyl (C=O) groups excluding carboxylic acids is 1. The third-order valence-electron chi connectivity index (χ3n) is 3.68. The first kappa shape index (κ1) is 18.1. The van der Waals surface area contributed by atoms with Crippen molar-refractivity contribution in [2.24, 2.45) is 0 Å². The Kier molecular flexibility index (Phi) is 6.94. The molecule has 0 bridgehead atoms. The Morgan fingerprint density at radius 3 is 2.62 bits per heavy atom. The van der Waals surface area contributed by atoms with E-state index in [4.69, 9.17) is 16.3 Å². The van der Waals surface area contributed by atoms with Crippen molar-refractivity contribution in [1.82, 2.24) is 5.32 Å². The summed E-state index contributed by atoms with van der Waals surface area (Å²) >= 11 is 5.94. The number of nitrogens with zero attached hydrogens (tertiary/aromatic N) is 1. The zero-order valence-electron chi connectivity index (χ0n) is 14.0. The lowest BCUT2D eigenvalue weighted by Crippen LogP contribution is -2.41. The Morgan fingerprint density at radius 2 is 1.96 bits per heavy atom. The molecule has 5 heteroatoms. The summed E-state index contributed by atoms with van der Waals surface area (Å²) in [7, 11) is 2.00. The van der Waals surface area contributed by atoms with Crippen LogP contribution < -0.4 is 15.0 Å². The predicted molar refractivity (Wildman–Crippen MR) is 98.9 cm³/mol. The van der Waals surface area contributed by atoms with Crippen molar-refractivity contribution < 1.29 is 9.53 Å². The van der Waals surface area contributed by atoms with E-state index in [9.17, 15) is 4.79 Å².